The number of alkyl halides is 3. The minimum Gasteiger partial charge on any atom is -0.332 e. The number of likely N-dealkylation sites (N-methyl/N-ethyl adjacent to an activating group) is 1. The average molecular weight is 386 g/mol. The van der Waals surface area contributed by atoms with Gasteiger partial charge in [0.1, 0.15) is 5.82 Å². The van der Waals surface area contributed by atoms with Gasteiger partial charge < -0.3 is 10.2 Å². The van der Waals surface area contributed by atoms with Gasteiger partial charge in [-0.2, -0.15) is 13.2 Å². The summed E-state index contributed by atoms with van der Waals surface area (Å²) < 4.78 is 49.7. The van der Waals surface area contributed by atoms with Crippen molar-refractivity contribution in [1.29, 1.82) is 0 Å². The van der Waals surface area contributed by atoms with Gasteiger partial charge in [-0.05, 0) is 60.3 Å². The maximum atomic E-state index is 12.8. The lowest BCUT2D eigenvalue weighted by Crippen LogP contribution is -2.34. The fourth-order valence-electron chi connectivity index (χ4n) is 2.04. The Morgan fingerprint density at radius 1 is 1.04 bits per heavy atom. The van der Waals surface area contributed by atoms with Gasteiger partial charge in [0.25, 0.3) is 5.91 Å². The number of anilines is 1. The molecule has 26 heavy (non-hydrogen) atoms. The maximum absolute atomic E-state index is 12.8. The molecule has 0 saturated carbocycles. The third-order valence-corrected chi connectivity index (χ3v) is 3.93. The molecule has 1 N–H and O–H groups in total. The number of benzene rings is 2. The van der Waals surface area contributed by atoms with Crippen LogP contribution in [-0.4, -0.2) is 35.8 Å². The van der Waals surface area contributed by atoms with Crippen molar-refractivity contribution in [2.75, 3.05) is 18.9 Å². The van der Waals surface area contributed by atoms with E-state index >= 15 is 0 Å². The van der Waals surface area contributed by atoms with Crippen molar-refractivity contribution < 1.29 is 27.2 Å². The van der Waals surface area contributed by atoms with E-state index in [0.29, 0.717) is 5.69 Å². The first-order chi connectivity index (χ1) is 12.1. The highest BCUT2D eigenvalue weighted by molar-refractivity contribution is 8.00. The van der Waals surface area contributed by atoms with Gasteiger partial charge >= 0.3 is 5.51 Å². The third-order valence-electron chi connectivity index (χ3n) is 3.19. The van der Waals surface area contributed by atoms with Crippen molar-refractivity contribution in [1.82, 2.24) is 4.90 Å². The highest BCUT2D eigenvalue weighted by Gasteiger charge is 2.29. The summed E-state index contributed by atoms with van der Waals surface area (Å²) in [4.78, 5) is 25.3. The molecule has 9 heteroatoms. The van der Waals surface area contributed by atoms with Crippen LogP contribution in [0.3, 0.4) is 0 Å². The summed E-state index contributed by atoms with van der Waals surface area (Å²) in [6.45, 7) is -0.269. The minimum atomic E-state index is -4.40. The number of hydrogen-bond acceptors (Lipinski definition) is 3. The second kappa shape index (κ2) is 8.22. The Morgan fingerprint density at radius 3 is 2.15 bits per heavy atom. The molecular formula is C17H14F4N2O2S. The molecule has 2 rings (SSSR count). The molecule has 0 aliphatic rings. The van der Waals surface area contributed by atoms with Crippen molar-refractivity contribution in [2.45, 2.75) is 10.4 Å². The van der Waals surface area contributed by atoms with Gasteiger partial charge in [0.15, 0.2) is 0 Å². The molecule has 0 atom stereocenters. The number of rotatable bonds is 5. The summed E-state index contributed by atoms with van der Waals surface area (Å²) in [5.41, 5.74) is -3.86. The van der Waals surface area contributed by atoms with Crippen LogP contribution < -0.4 is 5.32 Å². The van der Waals surface area contributed by atoms with Crippen molar-refractivity contribution in [3.8, 4) is 0 Å². The number of nitrogens with one attached hydrogen (secondary N) is 1. The van der Waals surface area contributed by atoms with E-state index in [1.165, 1.54) is 55.6 Å². The SMILES string of the molecule is CN(CC(=O)Nc1ccc(F)cc1)C(=O)c1ccc(SC(F)(F)F)cc1. The van der Waals surface area contributed by atoms with E-state index in [2.05, 4.69) is 5.32 Å². The molecule has 0 aliphatic carbocycles. The average Bonchev–Trinajstić information content (AvgIpc) is 2.55. The van der Waals surface area contributed by atoms with Crippen LogP contribution in [0.25, 0.3) is 0 Å². The largest absolute Gasteiger partial charge is 0.446 e. The highest BCUT2D eigenvalue weighted by Crippen LogP contribution is 2.36. The molecule has 0 spiro atoms. The molecule has 0 heterocycles. The molecule has 0 radical (unpaired) electrons. The monoisotopic (exact) mass is 386 g/mol. The van der Waals surface area contributed by atoms with E-state index in [1.807, 2.05) is 0 Å². The lowest BCUT2D eigenvalue weighted by Gasteiger charge is -2.17. The van der Waals surface area contributed by atoms with E-state index in [0.717, 1.165) is 4.90 Å². The molecule has 2 amide bonds. The Kier molecular flexibility index (Phi) is 6.25. The van der Waals surface area contributed by atoms with Crippen LogP contribution in [0.15, 0.2) is 53.4 Å². The third kappa shape index (κ3) is 6.07. The molecule has 0 unspecified atom stereocenters. The summed E-state index contributed by atoms with van der Waals surface area (Å²) >= 11 is -0.273. The van der Waals surface area contributed by atoms with Crippen molar-refractivity contribution >= 4 is 29.3 Å². The van der Waals surface area contributed by atoms with Crippen LogP contribution in [0.1, 0.15) is 10.4 Å². The molecule has 0 aliphatic heterocycles. The van der Waals surface area contributed by atoms with Crippen molar-refractivity contribution in [3.05, 3.63) is 59.9 Å². The molecule has 0 saturated heterocycles. The van der Waals surface area contributed by atoms with E-state index < -0.39 is 23.1 Å². The lowest BCUT2D eigenvalue weighted by molar-refractivity contribution is -0.116. The van der Waals surface area contributed by atoms with Gasteiger partial charge in [-0.25, -0.2) is 4.39 Å². The first-order valence-electron chi connectivity index (χ1n) is 7.31. The first kappa shape index (κ1) is 19.8. The molecule has 2 aromatic rings. The Balaban J connectivity index is 1.93. The zero-order valence-corrected chi connectivity index (χ0v) is 14.3. The molecule has 0 fully saturated rings. The van der Waals surface area contributed by atoms with Crippen LogP contribution in [0.4, 0.5) is 23.2 Å². The number of halogens is 4. The van der Waals surface area contributed by atoms with Crippen LogP contribution >= 0.6 is 11.8 Å². The van der Waals surface area contributed by atoms with E-state index in [-0.39, 0.29) is 28.8 Å². The van der Waals surface area contributed by atoms with E-state index in [4.69, 9.17) is 0 Å². The summed E-state index contributed by atoms with van der Waals surface area (Å²) in [6.07, 6.45) is 0. The number of amides is 2. The van der Waals surface area contributed by atoms with Crippen LogP contribution in [0, 0.1) is 5.82 Å². The van der Waals surface area contributed by atoms with E-state index in [1.54, 1.807) is 0 Å². The van der Waals surface area contributed by atoms with Gasteiger partial charge in [-0.15, -0.1) is 0 Å². The molecule has 0 aromatic heterocycles. The molecule has 138 valence electrons. The van der Waals surface area contributed by atoms with Gasteiger partial charge in [-0.3, -0.25) is 9.59 Å². The van der Waals surface area contributed by atoms with Gasteiger partial charge in [0.05, 0.1) is 6.54 Å². The summed E-state index contributed by atoms with van der Waals surface area (Å²) in [7, 11) is 1.39. The normalized spacial score (nSPS) is 11.1. The van der Waals surface area contributed by atoms with Gasteiger partial charge in [0.2, 0.25) is 5.91 Å². The first-order valence-corrected chi connectivity index (χ1v) is 8.12. The summed E-state index contributed by atoms with van der Waals surface area (Å²) in [5, 5.41) is 2.51. The van der Waals surface area contributed by atoms with Crippen LogP contribution in [0.2, 0.25) is 0 Å². The van der Waals surface area contributed by atoms with Gasteiger partial charge in [-0.1, -0.05) is 0 Å². The second-order valence-corrected chi connectivity index (χ2v) is 6.43. The second-order valence-electron chi connectivity index (χ2n) is 5.29. The minimum absolute atomic E-state index is 0.0363. The Labute approximate surface area is 151 Å². The Morgan fingerprint density at radius 2 is 1.62 bits per heavy atom. The predicted molar refractivity (Wildman–Crippen MR) is 90.3 cm³/mol. The molecule has 4 nitrogen and oxygen atoms in total. The molecular weight excluding hydrogens is 372 g/mol. The topological polar surface area (TPSA) is 49.4 Å². The van der Waals surface area contributed by atoms with Crippen LogP contribution in [-0.2, 0) is 4.79 Å². The quantitative estimate of drug-likeness (QED) is 0.621. The number of nitrogens with zero attached hydrogens (tertiary/aromatic N) is 1. The highest BCUT2D eigenvalue weighted by atomic mass is 32.2. The van der Waals surface area contributed by atoms with Crippen molar-refractivity contribution in [2.24, 2.45) is 0 Å². The summed E-state index contributed by atoms with van der Waals surface area (Å²) in [5.74, 6) is -1.44. The van der Waals surface area contributed by atoms with Crippen molar-refractivity contribution in [3.63, 3.8) is 0 Å². The molecule has 2 aromatic carbocycles. The van der Waals surface area contributed by atoms with Crippen LogP contribution in [0.5, 0.6) is 0 Å². The number of carbonyl (C=O) groups excluding carboxylic acids is 2. The van der Waals surface area contributed by atoms with Gasteiger partial charge in [0, 0.05) is 23.2 Å². The zero-order chi connectivity index (χ0) is 19.3. The maximum Gasteiger partial charge on any atom is 0.446 e. The fourth-order valence-corrected chi connectivity index (χ4v) is 2.58. The number of hydrogen-bond donors (Lipinski definition) is 1. The Bertz CT molecular complexity index is 777. The standard InChI is InChI=1S/C17H14F4N2O2S/c1-23(10-15(24)22-13-6-4-12(18)5-7-13)16(25)11-2-8-14(9-3-11)26-17(19,20)21/h2-9H,10H2,1H3,(H,22,24). The van der Waals surface area contributed by atoms with E-state index in [9.17, 15) is 27.2 Å². The number of carbonyl (C=O) groups is 2. The Hall–Kier alpha value is -2.55. The lowest BCUT2D eigenvalue weighted by atomic mass is 10.2. The number of thioether (sulfide) groups is 1. The molecule has 0 bridgehead atoms. The summed E-state index contributed by atoms with van der Waals surface area (Å²) in [6, 6.07) is 10.1. The predicted octanol–water partition coefficient (Wildman–Crippen LogP) is 4.15. The smallest absolute Gasteiger partial charge is 0.332 e. The fraction of sp³-hybridized carbons (Fsp3) is 0.176. The zero-order valence-electron chi connectivity index (χ0n) is 13.5.